The lowest BCUT2D eigenvalue weighted by molar-refractivity contribution is -0.401. The van der Waals surface area contributed by atoms with Crippen LogP contribution in [0.15, 0.2) is 65.2 Å². The van der Waals surface area contributed by atoms with Gasteiger partial charge in [-0.15, -0.1) is 0 Å². The van der Waals surface area contributed by atoms with Gasteiger partial charge >= 0.3 is 0 Å². The summed E-state index contributed by atoms with van der Waals surface area (Å²) in [6.07, 6.45) is 6.34. The molecule has 0 spiro atoms. The van der Waals surface area contributed by atoms with Gasteiger partial charge in [0.1, 0.15) is 7.05 Å². The Hall–Kier alpha value is -2.70. The van der Waals surface area contributed by atoms with Crippen molar-refractivity contribution in [1.29, 1.82) is 0 Å². The lowest BCUT2D eigenvalue weighted by atomic mass is 9.80. The first-order valence-electron chi connectivity index (χ1n) is 10.7. The van der Waals surface area contributed by atoms with Gasteiger partial charge in [-0.2, -0.15) is 13.0 Å². The summed E-state index contributed by atoms with van der Waals surface area (Å²) in [5, 5.41) is 0. The fourth-order valence-electron chi connectivity index (χ4n) is 5.16. The quantitative estimate of drug-likeness (QED) is 0.520. The van der Waals surface area contributed by atoms with Crippen LogP contribution >= 0.6 is 0 Å². The third-order valence-electron chi connectivity index (χ3n) is 7.00. The lowest BCUT2D eigenvalue weighted by Gasteiger charge is -2.23. The highest BCUT2D eigenvalue weighted by Gasteiger charge is 2.43. The number of hydrogen-bond donors (Lipinski definition) is 1. The zero-order valence-electron chi connectivity index (χ0n) is 19.8. The number of benzene rings is 2. The van der Waals surface area contributed by atoms with Gasteiger partial charge in [0, 0.05) is 41.6 Å². The molecule has 0 fully saturated rings. The maximum absolute atomic E-state index is 11.6. The van der Waals surface area contributed by atoms with Gasteiger partial charge in [-0.3, -0.25) is 4.55 Å². The number of fused-ring (bicyclic) bond motifs is 2. The Morgan fingerprint density at radius 2 is 1.69 bits per heavy atom. The van der Waals surface area contributed by atoms with Gasteiger partial charge in [-0.1, -0.05) is 31.6 Å². The zero-order valence-corrected chi connectivity index (χ0v) is 20.6. The highest BCUT2D eigenvalue weighted by Crippen LogP contribution is 2.47. The molecule has 2 heterocycles. The molecule has 0 amide bonds. The largest absolute Gasteiger partial charge is 0.347 e. The monoisotopic (exact) mass is 451 g/mol. The van der Waals surface area contributed by atoms with Crippen LogP contribution in [0, 0.1) is 6.92 Å². The average molecular weight is 452 g/mol. The van der Waals surface area contributed by atoms with E-state index in [1.165, 1.54) is 28.6 Å². The molecule has 0 bridgehead atoms. The summed E-state index contributed by atoms with van der Waals surface area (Å²) in [4.78, 5) is 2.01. The van der Waals surface area contributed by atoms with Crippen LogP contribution in [0.1, 0.15) is 44.4 Å². The van der Waals surface area contributed by atoms with Crippen LogP contribution in [0.2, 0.25) is 0 Å². The van der Waals surface area contributed by atoms with Crippen LogP contribution in [-0.4, -0.2) is 37.4 Å². The Balaban J connectivity index is 1.72. The average Bonchev–Trinajstić information content (AvgIpc) is 3.00. The van der Waals surface area contributed by atoms with Crippen molar-refractivity contribution in [3.8, 4) is 0 Å². The number of likely N-dealkylation sites (N-methyl/N-ethyl adjacent to an activating group) is 1. The molecule has 0 radical (unpaired) electrons. The number of hydrogen-bond acceptors (Lipinski definition) is 3. The summed E-state index contributed by atoms with van der Waals surface area (Å²) in [5.41, 5.74) is 7.41. The van der Waals surface area contributed by atoms with Crippen molar-refractivity contribution in [2.45, 2.75) is 50.3 Å². The molecule has 0 atom stereocenters. The molecule has 0 saturated heterocycles. The molecule has 1 N–H and O–H groups in total. The lowest BCUT2D eigenvalue weighted by Crippen LogP contribution is -2.26. The fraction of sp³-hybridized carbons (Fsp3) is 0.346. The second-order valence-corrected chi connectivity index (χ2v) is 11.3. The maximum Gasteiger partial charge on any atom is 0.294 e. The number of anilines is 1. The topological polar surface area (TPSA) is 60.6 Å². The molecule has 2 aliphatic rings. The Bertz CT molecular complexity index is 1330. The van der Waals surface area contributed by atoms with Crippen molar-refractivity contribution in [2.75, 3.05) is 19.0 Å². The number of allylic oxidation sites excluding steroid dienone is 4. The molecule has 0 unspecified atom stereocenters. The fourth-order valence-corrected chi connectivity index (χ4v) is 5.66. The Morgan fingerprint density at radius 1 is 1.00 bits per heavy atom. The van der Waals surface area contributed by atoms with E-state index < -0.39 is 15.5 Å². The highest BCUT2D eigenvalue weighted by molar-refractivity contribution is 7.85. The first-order valence-corrected chi connectivity index (χ1v) is 12.2. The van der Waals surface area contributed by atoms with Crippen LogP contribution in [0.4, 0.5) is 11.4 Å². The van der Waals surface area contributed by atoms with Crippen LogP contribution < -0.4 is 4.90 Å². The zero-order chi connectivity index (χ0) is 23.6. The molecule has 6 heteroatoms. The minimum Gasteiger partial charge on any atom is -0.347 e. The molecule has 4 rings (SSSR count). The summed E-state index contributed by atoms with van der Waals surface area (Å²) in [6.45, 7) is 10.8. The normalized spacial score (nSPS) is 20.4. The molecule has 2 aromatic rings. The van der Waals surface area contributed by atoms with Crippen molar-refractivity contribution in [3.05, 3.63) is 77.0 Å². The van der Waals surface area contributed by atoms with E-state index in [-0.39, 0.29) is 10.3 Å². The molecule has 5 nitrogen and oxygen atoms in total. The van der Waals surface area contributed by atoms with E-state index in [0.29, 0.717) is 0 Å². The SMILES string of the molecule is Cc1ccc2c(c1)C(C)(C)C(/C=C/C=C1/N(C)c3ccc(S(=O)(=O)O)cc3C1(C)C)=[N+]2C. The van der Waals surface area contributed by atoms with Crippen LogP contribution in [0.5, 0.6) is 0 Å². The summed E-state index contributed by atoms with van der Waals surface area (Å²) < 4.78 is 35.0. The molecule has 2 aromatic carbocycles. The van der Waals surface area contributed by atoms with Crippen molar-refractivity contribution >= 4 is 27.2 Å². The first-order chi connectivity index (χ1) is 14.8. The molecular weight excluding hydrogens is 420 g/mol. The van der Waals surface area contributed by atoms with Crippen molar-refractivity contribution in [1.82, 2.24) is 0 Å². The van der Waals surface area contributed by atoms with Crippen molar-refractivity contribution in [2.24, 2.45) is 0 Å². The molecule has 0 aliphatic carbocycles. The highest BCUT2D eigenvalue weighted by atomic mass is 32.2. The first kappa shape index (κ1) is 22.5. The van der Waals surface area contributed by atoms with E-state index in [1.54, 1.807) is 12.1 Å². The predicted molar refractivity (Wildman–Crippen MR) is 130 cm³/mol. The van der Waals surface area contributed by atoms with E-state index in [1.807, 2.05) is 7.05 Å². The number of rotatable bonds is 3. The van der Waals surface area contributed by atoms with Gasteiger partial charge in [0.2, 0.25) is 5.69 Å². The van der Waals surface area contributed by atoms with Crippen LogP contribution in [0.25, 0.3) is 0 Å². The van der Waals surface area contributed by atoms with Gasteiger partial charge in [0.05, 0.1) is 10.3 Å². The summed E-state index contributed by atoms with van der Waals surface area (Å²) in [5.74, 6) is 0. The van der Waals surface area contributed by atoms with E-state index in [0.717, 1.165) is 16.9 Å². The summed E-state index contributed by atoms with van der Waals surface area (Å²) in [7, 11) is -0.158. The van der Waals surface area contributed by atoms with Crippen molar-refractivity contribution in [3.63, 3.8) is 0 Å². The van der Waals surface area contributed by atoms with Gasteiger partial charge in [-0.05, 0) is 56.7 Å². The smallest absolute Gasteiger partial charge is 0.294 e. The molecule has 32 heavy (non-hydrogen) atoms. The third-order valence-corrected chi connectivity index (χ3v) is 7.85. The maximum atomic E-state index is 11.6. The third kappa shape index (κ3) is 3.33. The Kier molecular flexibility index (Phi) is 5.03. The second-order valence-electron chi connectivity index (χ2n) is 9.84. The van der Waals surface area contributed by atoms with E-state index >= 15 is 0 Å². The van der Waals surface area contributed by atoms with Gasteiger partial charge in [0.15, 0.2) is 5.71 Å². The minimum absolute atomic E-state index is 0.0764. The standard InChI is InChI=1S/C26H30N2O3S/c1-17-11-13-21-19(15-17)25(2,3)23(27(21)6)9-8-10-24-26(4,5)20-16-18(32(29,30)31)12-14-22(20)28(24)7/h8-16H,1-7H3/p+1. The second kappa shape index (κ2) is 7.15. The molecule has 168 valence electrons. The van der Waals surface area contributed by atoms with Crippen LogP contribution in [-0.2, 0) is 20.9 Å². The summed E-state index contributed by atoms with van der Waals surface area (Å²) in [6, 6.07) is 11.4. The number of nitrogens with zero attached hydrogens (tertiary/aromatic N) is 2. The Labute approximate surface area is 191 Å². The molecule has 0 saturated carbocycles. The summed E-state index contributed by atoms with van der Waals surface area (Å²) >= 11 is 0. The minimum atomic E-state index is -4.25. The van der Waals surface area contributed by atoms with E-state index in [9.17, 15) is 13.0 Å². The van der Waals surface area contributed by atoms with Gasteiger partial charge < -0.3 is 4.90 Å². The van der Waals surface area contributed by atoms with E-state index in [2.05, 4.69) is 87.6 Å². The molecule has 2 aliphatic heterocycles. The molecule has 0 aromatic heterocycles. The van der Waals surface area contributed by atoms with Gasteiger partial charge in [-0.25, -0.2) is 0 Å². The van der Waals surface area contributed by atoms with Gasteiger partial charge in [0.25, 0.3) is 10.1 Å². The Morgan fingerprint density at radius 3 is 2.34 bits per heavy atom. The van der Waals surface area contributed by atoms with Crippen LogP contribution in [0.3, 0.4) is 0 Å². The molecular formula is C26H31N2O3S+. The van der Waals surface area contributed by atoms with Crippen molar-refractivity contribution < 1.29 is 17.5 Å². The predicted octanol–water partition coefficient (Wildman–Crippen LogP) is 5.12. The van der Waals surface area contributed by atoms with E-state index in [4.69, 9.17) is 0 Å². The number of aryl methyl sites for hydroxylation is 1.